The van der Waals surface area contributed by atoms with Gasteiger partial charge in [0.05, 0.1) is 4.90 Å². The Morgan fingerprint density at radius 1 is 1.12 bits per heavy atom. The fraction of sp³-hybridized carbons (Fsp3) is 0.211. The van der Waals surface area contributed by atoms with Gasteiger partial charge in [-0.1, -0.05) is 12.1 Å². The standard InChI is InChI=1S/C19H22N2O4S/c1-4-9-20-26(23,24)18-7-5-16(6-8-18)21-19(22)13-25-17-11-14(2)10-15(3)12-17/h4-8,10-12,20H,1,9,13H2,2-3H3,(H,21,22). The number of ether oxygens (including phenoxy) is 1. The van der Waals surface area contributed by atoms with Gasteiger partial charge in [0.2, 0.25) is 10.0 Å². The Kier molecular flexibility index (Phi) is 6.54. The summed E-state index contributed by atoms with van der Waals surface area (Å²) < 4.78 is 31.8. The molecule has 0 spiro atoms. The first-order valence-electron chi connectivity index (χ1n) is 8.02. The molecule has 2 rings (SSSR count). The topological polar surface area (TPSA) is 84.5 Å². The number of carbonyl (C=O) groups excluding carboxylic acids is 1. The first kappa shape index (κ1) is 19.7. The first-order chi connectivity index (χ1) is 12.3. The zero-order chi connectivity index (χ0) is 19.2. The maximum absolute atomic E-state index is 12.0. The van der Waals surface area contributed by atoms with Crippen LogP contribution in [0.4, 0.5) is 5.69 Å². The van der Waals surface area contributed by atoms with Crippen molar-refractivity contribution in [3.8, 4) is 5.75 Å². The van der Waals surface area contributed by atoms with Gasteiger partial charge >= 0.3 is 0 Å². The molecule has 2 aromatic rings. The van der Waals surface area contributed by atoms with Crippen molar-refractivity contribution >= 4 is 21.6 Å². The Bertz CT molecular complexity index is 870. The van der Waals surface area contributed by atoms with Crippen LogP contribution in [0.5, 0.6) is 5.75 Å². The summed E-state index contributed by atoms with van der Waals surface area (Å²) in [7, 11) is -3.58. The molecule has 0 aromatic heterocycles. The lowest BCUT2D eigenvalue weighted by Gasteiger charge is -2.10. The van der Waals surface area contributed by atoms with E-state index >= 15 is 0 Å². The Hall–Kier alpha value is -2.64. The lowest BCUT2D eigenvalue weighted by atomic mass is 10.1. The summed E-state index contributed by atoms with van der Waals surface area (Å²) in [4.78, 5) is 12.1. The van der Waals surface area contributed by atoms with Crippen molar-refractivity contribution in [1.29, 1.82) is 0 Å². The molecule has 2 N–H and O–H groups in total. The molecule has 1 amide bonds. The summed E-state index contributed by atoms with van der Waals surface area (Å²) >= 11 is 0. The van der Waals surface area contributed by atoms with E-state index in [9.17, 15) is 13.2 Å². The lowest BCUT2D eigenvalue weighted by molar-refractivity contribution is -0.118. The number of nitrogens with one attached hydrogen (secondary N) is 2. The molecule has 0 saturated heterocycles. The number of anilines is 1. The summed E-state index contributed by atoms with van der Waals surface area (Å²) in [5.41, 5.74) is 2.60. The van der Waals surface area contributed by atoms with Gasteiger partial charge in [0.1, 0.15) is 5.75 Å². The van der Waals surface area contributed by atoms with E-state index in [1.165, 1.54) is 30.3 Å². The molecule has 0 saturated carbocycles. The number of sulfonamides is 1. The second kappa shape index (κ2) is 8.64. The highest BCUT2D eigenvalue weighted by Gasteiger charge is 2.12. The highest BCUT2D eigenvalue weighted by Crippen LogP contribution is 2.17. The molecule has 0 aliphatic carbocycles. The quantitative estimate of drug-likeness (QED) is 0.696. The molecule has 0 radical (unpaired) electrons. The second-order valence-electron chi connectivity index (χ2n) is 5.83. The molecule has 6 nitrogen and oxygen atoms in total. The molecule has 0 aliphatic heterocycles. The third-order valence-electron chi connectivity index (χ3n) is 3.43. The first-order valence-corrected chi connectivity index (χ1v) is 9.50. The third-order valence-corrected chi connectivity index (χ3v) is 4.87. The number of carbonyl (C=O) groups is 1. The van der Waals surface area contributed by atoms with Gasteiger partial charge in [-0.2, -0.15) is 0 Å². The van der Waals surface area contributed by atoms with Crippen molar-refractivity contribution in [2.75, 3.05) is 18.5 Å². The Balaban J connectivity index is 1.94. The van der Waals surface area contributed by atoms with Crippen LogP contribution in [0.3, 0.4) is 0 Å². The van der Waals surface area contributed by atoms with Crippen molar-refractivity contribution in [3.05, 3.63) is 66.2 Å². The number of benzene rings is 2. The van der Waals surface area contributed by atoms with Crippen LogP contribution in [0.2, 0.25) is 0 Å². The number of rotatable bonds is 8. The molecule has 138 valence electrons. The van der Waals surface area contributed by atoms with E-state index in [0.29, 0.717) is 11.4 Å². The fourth-order valence-corrected chi connectivity index (χ4v) is 3.33. The van der Waals surface area contributed by atoms with Gasteiger partial charge in [-0.05, 0) is 61.4 Å². The highest BCUT2D eigenvalue weighted by atomic mass is 32.2. The maximum atomic E-state index is 12.0. The monoisotopic (exact) mass is 374 g/mol. The van der Waals surface area contributed by atoms with E-state index in [2.05, 4.69) is 16.6 Å². The molecular formula is C19H22N2O4S. The molecular weight excluding hydrogens is 352 g/mol. The molecule has 26 heavy (non-hydrogen) atoms. The van der Waals surface area contributed by atoms with Crippen molar-refractivity contribution < 1.29 is 17.9 Å². The van der Waals surface area contributed by atoms with Gasteiger partial charge in [0.25, 0.3) is 5.91 Å². The Morgan fingerprint density at radius 3 is 2.31 bits per heavy atom. The SMILES string of the molecule is C=CCNS(=O)(=O)c1ccc(NC(=O)COc2cc(C)cc(C)c2)cc1. The lowest BCUT2D eigenvalue weighted by Crippen LogP contribution is -2.23. The molecule has 0 fully saturated rings. The second-order valence-corrected chi connectivity index (χ2v) is 7.59. The maximum Gasteiger partial charge on any atom is 0.262 e. The minimum Gasteiger partial charge on any atom is -0.484 e. The molecule has 0 unspecified atom stereocenters. The van der Waals surface area contributed by atoms with Crippen LogP contribution in [0.15, 0.2) is 60.0 Å². The van der Waals surface area contributed by atoms with E-state index in [0.717, 1.165) is 11.1 Å². The van der Waals surface area contributed by atoms with Gasteiger partial charge in [0, 0.05) is 12.2 Å². The average Bonchev–Trinajstić information content (AvgIpc) is 2.58. The Labute approximate surface area is 153 Å². The number of hydrogen-bond acceptors (Lipinski definition) is 4. The Morgan fingerprint density at radius 2 is 1.73 bits per heavy atom. The van der Waals surface area contributed by atoms with Crippen LogP contribution in [0, 0.1) is 13.8 Å². The summed E-state index contributed by atoms with van der Waals surface area (Å²) in [6.07, 6.45) is 1.46. The zero-order valence-corrected chi connectivity index (χ0v) is 15.6. The molecule has 7 heteroatoms. The van der Waals surface area contributed by atoms with Gasteiger partial charge < -0.3 is 10.1 Å². The van der Waals surface area contributed by atoms with Crippen molar-refractivity contribution in [2.24, 2.45) is 0 Å². The zero-order valence-electron chi connectivity index (χ0n) is 14.8. The largest absolute Gasteiger partial charge is 0.484 e. The van der Waals surface area contributed by atoms with E-state index < -0.39 is 10.0 Å². The number of amides is 1. The number of hydrogen-bond donors (Lipinski definition) is 2. The van der Waals surface area contributed by atoms with Gasteiger partial charge in [0.15, 0.2) is 6.61 Å². The minimum atomic E-state index is -3.58. The van der Waals surface area contributed by atoms with E-state index in [1.54, 1.807) is 0 Å². The van der Waals surface area contributed by atoms with Crippen LogP contribution in [-0.2, 0) is 14.8 Å². The van der Waals surface area contributed by atoms with E-state index in [-0.39, 0.29) is 24.0 Å². The molecule has 0 atom stereocenters. The van der Waals surface area contributed by atoms with Crippen molar-refractivity contribution in [2.45, 2.75) is 18.7 Å². The molecule has 0 aliphatic rings. The summed E-state index contributed by atoms with van der Waals surface area (Å²) in [5.74, 6) is 0.303. The van der Waals surface area contributed by atoms with Crippen LogP contribution in [-0.4, -0.2) is 27.5 Å². The van der Waals surface area contributed by atoms with Crippen LogP contribution >= 0.6 is 0 Å². The van der Waals surface area contributed by atoms with Gasteiger partial charge in [-0.3, -0.25) is 4.79 Å². The summed E-state index contributed by atoms with van der Waals surface area (Å²) in [6, 6.07) is 11.6. The molecule has 0 bridgehead atoms. The summed E-state index contributed by atoms with van der Waals surface area (Å²) in [5, 5.41) is 2.67. The predicted octanol–water partition coefficient (Wildman–Crippen LogP) is 2.79. The van der Waals surface area contributed by atoms with E-state index in [4.69, 9.17) is 4.74 Å². The van der Waals surface area contributed by atoms with Crippen molar-refractivity contribution in [1.82, 2.24) is 4.72 Å². The molecule has 2 aromatic carbocycles. The van der Waals surface area contributed by atoms with Gasteiger partial charge in [-0.25, -0.2) is 13.1 Å². The third kappa shape index (κ3) is 5.72. The average molecular weight is 374 g/mol. The normalized spacial score (nSPS) is 11.0. The fourth-order valence-electron chi connectivity index (χ4n) is 2.33. The smallest absolute Gasteiger partial charge is 0.262 e. The summed E-state index contributed by atoms with van der Waals surface area (Å²) in [6.45, 7) is 7.40. The predicted molar refractivity (Wildman–Crippen MR) is 102 cm³/mol. The highest BCUT2D eigenvalue weighted by molar-refractivity contribution is 7.89. The number of aryl methyl sites for hydroxylation is 2. The van der Waals surface area contributed by atoms with E-state index in [1.807, 2.05) is 32.0 Å². The van der Waals surface area contributed by atoms with Crippen LogP contribution < -0.4 is 14.8 Å². The van der Waals surface area contributed by atoms with Gasteiger partial charge in [-0.15, -0.1) is 6.58 Å². The minimum absolute atomic E-state index is 0.115. The molecule has 0 heterocycles. The van der Waals surface area contributed by atoms with Crippen LogP contribution in [0.1, 0.15) is 11.1 Å². The van der Waals surface area contributed by atoms with Crippen LogP contribution in [0.25, 0.3) is 0 Å². The van der Waals surface area contributed by atoms with Crippen molar-refractivity contribution in [3.63, 3.8) is 0 Å².